The summed E-state index contributed by atoms with van der Waals surface area (Å²) in [6.45, 7) is 4.20. The molecule has 0 fully saturated rings. The van der Waals surface area contributed by atoms with Gasteiger partial charge >= 0.3 is 0 Å². The Morgan fingerprint density at radius 2 is 2.03 bits per heavy atom. The second-order valence-corrected chi connectivity index (χ2v) is 11.9. The minimum atomic E-state index is -2.08. The second-order valence-electron chi connectivity index (χ2n) is 7.36. The van der Waals surface area contributed by atoms with Gasteiger partial charge in [-0.2, -0.15) is 0 Å². The Balaban J connectivity index is 1.70. The highest BCUT2D eigenvalue weighted by atomic mass is 32.1. The molecule has 0 bridgehead atoms. The fraction of sp³-hybridized carbons (Fsp3) is 0.238. The normalized spacial score (nSPS) is 11.3. The minimum absolute atomic E-state index is 0.270. The van der Waals surface area contributed by atoms with Crippen LogP contribution in [0.5, 0.6) is 0 Å². The number of thiophene rings is 1. The molecule has 29 heavy (non-hydrogen) atoms. The lowest BCUT2D eigenvalue weighted by molar-refractivity contribution is 0.102. The van der Waals surface area contributed by atoms with Crippen molar-refractivity contribution in [3.8, 4) is 10.4 Å². The summed E-state index contributed by atoms with van der Waals surface area (Å²) >= 11 is 1.63. The lowest BCUT2D eigenvalue weighted by Crippen LogP contribution is -2.22. The van der Waals surface area contributed by atoms with Gasteiger partial charge in [0.2, 0.25) is 0 Å². The third-order valence-corrected chi connectivity index (χ3v) is 6.68. The molecule has 0 atom stereocenters. The average molecular weight is 428 g/mol. The van der Waals surface area contributed by atoms with Gasteiger partial charge in [-0.25, -0.2) is 4.98 Å². The number of nitrogens with two attached hydrogens (primary N) is 1. The number of benzene rings is 1. The Bertz CT molecular complexity index is 1030. The molecule has 2 heterocycles. The van der Waals surface area contributed by atoms with Crippen LogP contribution in [0.1, 0.15) is 10.4 Å². The third-order valence-electron chi connectivity index (χ3n) is 4.48. The summed E-state index contributed by atoms with van der Waals surface area (Å²) in [7, 11) is -0.179. The number of nitrogens with one attached hydrogen (secondary N) is 1. The van der Waals surface area contributed by atoms with Crippen molar-refractivity contribution in [1.29, 1.82) is 0 Å². The van der Waals surface area contributed by atoms with E-state index in [0.717, 1.165) is 16.3 Å². The zero-order valence-electron chi connectivity index (χ0n) is 16.8. The number of pyridine rings is 1. The molecule has 0 aliphatic carbocycles. The molecule has 0 unspecified atom stereocenters. The number of hydrogen-bond donors (Lipinski definition) is 2. The molecule has 6 nitrogen and oxygen atoms in total. The molecule has 0 saturated heterocycles. The van der Waals surface area contributed by atoms with Gasteiger partial charge in [0, 0.05) is 30.8 Å². The topological polar surface area (TPSA) is 88.3 Å². The van der Waals surface area contributed by atoms with Gasteiger partial charge in [-0.05, 0) is 54.6 Å². The number of hydrogen-bond acceptors (Lipinski definition) is 6. The summed E-state index contributed by atoms with van der Waals surface area (Å²) < 4.78 is 11.9. The maximum absolute atomic E-state index is 12.6. The van der Waals surface area contributed by atoms with Gasteiger partial charge in [-0.15, -0.1) is 11.3 Å². The van der Waals surface area contributed by atoms with Crippen LogP contribution in [-0.4, -0.2) is 44.0 Å². The first-order valence-corrected chi connectivity index (χ1v) is 12.9. The predicted octanol–water partition coefficient (Wildman–Crippen LogP) is 4.70. The number of carbonyl (C=O) groups is 1. The first-order chi connectivity index (χ1) is 13.7. The predicted molar refractivity (Wildman–Crippen MR) is 124 cm³/mol. The van der Waals surface area contributed by atoms with E-state index >= 15 is 0 Å². The Kier molecular flexibility index (Phi) is 6.40. The Morgan fingerprint density at radius 1 is 1.24 bits per heavy atom. The van der Waals surface area contributed by atoms with Gasteiger partial charge in [0.25, 0.3) is 5.91 Å². The average Bonchev–Trinajstić information content (AvgIpc) is 3.22. The first-order valence-electron chi connectivity index (χ1n) is 9.19. The van der Waals surface area contributed by atoms with Crippen molar-refractivity contribution in [2.24, 2.45) is 0 Å². The van der Waals surface area contributed by atoms with Gasteiger partial charge in [-0.3, -0.25) is 4.79 Å². The van der Waals surface area contributed by atoms with Crippen molar-refractivity contribution in [3.63, 3.8) is 0 Å². The maximum atomic E-state index is 12.6. The van der Waals surface area contributed by atoms with Crippen LogP contribution in [0.3, 0.4) is 0 Å². The molecular formula is C21H25N4O2PS. The number of anilines is 3. The number of carbonyl (C=O) groups excluding carboxylic acids is 1. The lowest BCUT2D eigenvalue weighted by atomic mass is 10.1. The maximum Gasteiger partial charge on any atom is 0.257 e. The summed E-state index contributed by atoms with van der Waals surface area (Å²) in [5.41, 5.74) is 8.57. The van der Waals surface area contributed by atoms with E-state index in [-0.39, 0.29) is 5.91 Å². The fourth-order valence-corrected chi connectivity index (χ4v) is 4.21. The molecule has 2 aromatic heterocycles. The van der Waals surface area contributed by atoms with E-state index in [1.165, 1.54) is 6.20 Å². The van der Waals surface area contributed by atoms with Crippen molar-refractivity contribution < 1.29 is 9.36 Å². The molecule has 1 aromatic carbocycles. The molecule has 0 saturated carbocycles. The van der Waals surface area contributed by atoms with Crippen molar-refractivity contribution in [2.45, 2.75) is 0 Å². The van der Waals surface area contributed by atoms with Crippen LogP contribution >= 0.6 is 18.5 Å². The molecule has 1 amide bonds. The van der Waals surface area contributed by atoms with Gasteiger partial charge in [0.1, 0.15) is 5.82 Å². The molecule has 8 heteroatoms. The molecule has 3 aromatic rings. The summed E-state index contributed by atoms with van der Waals surface area (Å²) in [4.78, 5) is 20.1. The van der Waals surface area contributed by atoms with Crippen LogP contribution in [0.4, 0.5) is 17.2 Å². The molecule has 0 aliphatic heterocycles. The molecule has 0 aliphatic rings. The van der Waals surface area contributed by atoms with Crippen LogP contribution in [0.2, 0.25) is 0 Å². The Labute approximate surface area is 175 Å². The summed E-state index contributed by atoms with van der Waals surface area (Å²) in [6.07, 6.45) is 2.16. The van der Waals surface area contributed by atoms with Crippen molar-refractivity contribution in [2.75, 3.05) is 49.0 Å². The summed E-state index contributed by atoms with van der Waals surface area (Å²) in [6, 6.07) is 13.1. The van der Waals surface area contributed by atoms with Crippen LogP contribution in [-0.2, 0) is 4.57 Å². The number of rotatable bonds is 7. The van der Waals surface area contributed by atoms with Crippen molar-refractivity contribution in [1.82, 2.24) is 4.98 Å². The van der Waals surface area contributed by atoms with Gasteiger partial charge in [-0.1, -0.05) is 12.1 Å². The van der Waals surface area contributed by atoms with E-state index in [9.17, 15) is 9.36 Å². The molecule has 0 radical (unpaired) electrons. The smallest absolute Gasteiger partial charge is 0.257 e. The van der Waals surface area contributed by atoms with Crippen molar-refractivity contribution in [3.05, 3.63) is 59.6 Å². The minimum Gasteiger partial charge on any atom is -0.397 e. The standard InChI is InChI=1S/C21H25N4O2PS/c1-25(10-11-28(2,3)27)20-9-7-16(14-23-20)21(26)24-18-13-15(6-8-17(18)22)19-5-4-12-29-19/h4-9,12-14H,10-11,22H2,1-3H3,(H,24,26). The van der Waals surface area contributed by atoms with E-state index in [1.54, 1.807) is 42.9 Å². The zero-order valence-corrected chi connectivity index (χ0v) is 18.5. The molecule has 152 valence electrons. The van der Waals surface area contributed by atoms with Crippen LogP contribution in [0.25, 0.3) is 10.4 Å². The largest absolute Gasteiger partial charge is 0.397 e. The van der Waals surface area contributed by atoms with E-state index in [4.69, 9.17) is 5.73 Å². The Hall–Kier alpha value is -2.63. The Morgan fingerprint density at radius 3 is 2.66 bits per heavy atom. The monoisotopic (exact) mass is 428 g/mol. The van der Waals surface area contributed by atoms with Gasteiger partial charge in [0.15, 0.2) is 0 Å². The number of nitrogens with zero attached hydrogens (tertiary/aromatic N) is 2. The third kappa shape index (κ3) is 5.68. The highest BCUT2D eigenvalue weighted by Crippen LogP contribution is 2.35. The number of nitrogen functional groups attached to an aromatic ring is 1. The highest BCUT2D eigenvalue weighted by molar-refractivity contribution is 7.62. The van der Waals surface area contributed by atoms with E-state index in [0.29, 0.717) is 29.6 Å². The highest BCUT2D eigenvalue weighted by Gasteiger charge is 2.13. The molecule has 0 spiro atoms. The van der Waals surface area contributed by atoms with Crippen LogP contribution in [0, 0.1) is 0 Å². The van der Waals surface area contributed by atoms with Crippen molar-refractivity contribution >= 4 is 41.6 Å². The first kappa shape index (κ1) is 21.1. The lowest BCUT2D eigenvalue weighted by Gasteiger charge is -2.19. The number of amides is 1. The van der Waals surface area contributed by atoms with Gasteiger partial charge < -0.3 is 20.5 Å². The van der Waals surface area contributed by atoms with E-state index in [2.05, 4.69) is 10.3 Å². The summed E-state index contributed by atoms with van der Waals surface area (Å²) in [5.74, 6) is 0.461. The SMILES string of the molecule is CN(CCP(C)(C)=O)c1ccc(C(=O)Nc2cc(-c3cccs3)ccc2N)cn1. The molecule has 3 N–H and O–H groups in total. The summed E-state index contributed by atoms with van der Waals surface area (Å²) in [5, 5.41) is 4.88. The van der Waals surface area contributed by atoms with Gasteiger partial charge in [0.05, 0.1) is 24.1 Å². The van der Waals surface area contributed by atoms with Crippen LogP contribution < -0.4 is 16.0 Å². The van der Waals surface area contributed by atoms with E-state index in [1.807, 2.05) is 41.6 Å². The second kappa shape index (κ2) is 8.80. The zero-order chi connectivity index (χ0) is 21.0. The fourth-order valence-electron chi connectivity index (χ4n) is 2.71. The van der Waals surface area contributed by atoms with E-state index < -0.39 is 7.14 Å². The molecule has 3 rings (SSSR count). The molecular weight excluding hydrogens is 403 g/mol. The number of aromatic nitrogens is 1. The quantitative estimate of drug-likeness (QED) is 0.421. The van der Waals surface area contributed by atoms with Crippen LogP contribution in [0.15, 0.2) is 54.0 Å².